The van der Waals surface area contributed by atoms with E-state index in [0.717, 1.165) is 28.2 Å². The number of nitrogens with zero attached hydrogens (tertiary/aromatic N) is 1. The second-order valence-electron chi connectivity index (χ2n) is 8.03. The average molecular weight is 468 g/mol. The lowest BCUT2D eigenvalue weighted by atomic mass is 10.1. The normalized spacial score (nSPS) is 12.1. The second-order valence-corrected chi connectivity index (χ2v) is 8.44. The summed E-state index contributed by atoms with van der Waals surface area (Å²) in [6, 6.07) is 29.9. The van der Waals surface area contributed by atoms with Crippen molar-refractivity contribution < 1.29 is 9.59 Å². The highest BCUT2D eigenvalue weighted by molar-refractivity contribution is 6.31. The van der Waals surface area contributed by atoms with E-state index in [2.05, 4.69) is 10.6 Å². The number of hydrogen-bond donors (Lipinski definition) is 2. The standard InChI is InChI=1S/C28H22ClN3O2/c29-23-9-3-1-7-20(23)17-27(33)31-22-15-13-19(14-16-22)28(34)32-25-11-5-2-8-21(25)18-30-24-10-4-6-12-26(24)32/h1-16,30H,17-18H2,(H,31,33). The zero-order valence-electron chi connectivity index (χ0n) is 18.3. The maximum absolute atomic E-state index is 13.7. The van der Waals surface area contributed by atoms with Gasteiger partial charge >= 0.3 is 0 Å². The molecule has 0 spiro atoms. The molecular weight excluding hydrogens is 446 g/mol. The Labute approximate surface area is 203 Å². The number of para-hydroxylation sites is 3. The van der Waals surface area contributed by atoms with Crippen LogP contribution < -0.4 is 15.5 Å². The van der Waals surface area contributed by atoms with E-state index in [9.17, 15) is 9.59 Å². The number of carbonyl (C=O) groups excluding carboxylic acids is 2. The van der Waals surface area contributed by atoms with Crippen LogP contribution in [0.15, 0.2) is 97.1 Å². The van der Waals surface area contributed by atoms with Gasteiger partial charge in [0.1, 0.15) is 0 Å². The van der Waals surface area contributed by atoms with E-state index in [1.54, 1.807) is 35.2 Å². The van der Waals surface area contributed by atoms with Crippen molar-refractivity contribution in [1.82, 2.24) is 0 Å². The Balaban J connectivity index is 1.39. The number of benzene rings is 4. The van der Waals surface area contributed by atoms with Crippen LogP contribution in [0, 0.1) is 0 Å². The first-order chi connectivity index (χ1) is 16.6. The van der Waals surface area contributed by atoms with Crippen LogP contribution in [0.3, 0.4) is 0 Å². The van der Waals surface area contributed by atoms with Gasteiger partial charge in [-0.15, -0.1) is 0 Å². The molecule has 0 aliphatic carbocycles. The van der Waals surface area contributed by atoms with Crippen molar-refractivity contribution in [2.24, 2.45) is 0 Å². The molecule has 0 saturated heterocycles. The summed E-state index contributed by atoms with van der Waals surface area (Å²) in [5.74, 6) is -0.314. The van der Waals surface area contributed by atoms with E-state index < -0.39 is 0 Å². The molecule has 4 aromatic carbocycles. The number of fused-ring (bicyclic) bond motifs is 2. The molecule has 0 atom stereocenters. The molecule has 6 heteroatoms. The molecule has 5 rings (SSSR count). The van der Waals surface area contributed by atoms with Gasteiger partial charge in [0.15, 0.2) is 0 Å². The molecule has 4 aromatic rings. The molecule has 0 bridgehead atoms. The molecular formula is C28H22ClN3O2. The molecule has 2 amide bonds. The van der Waals surface area contributed by atoms with Gasteiger partial charge < -0.3 is 10.6 Å². The monoisotopic (exact) mass is 467 g/mol. The number of amides is 2. The number of nitrogens with one attached hydrogen (secondary N) is 2. The third-order valence-electron chi connectivity index (χ3n) is 5.77. The van der Waals surface area contributed by atoms with E-state index in [4.69, 9.17) is 11.6 Å². The van der Waals surface area contributed by atoms with Crippen LogP contribution in [-0.4, -0.2) is 11.8 Å². The van der Waals surface area contributed by atoms with Crippen LogP contribution in [0.2, 0.25) is 5.02 Å². The predicted octanol–water partition coefficient (Wildman–Crippen LogP) is 6.43. The smallest absolute Gasteiger partial charge is 0.262 e. The summed E-state index contributed by atoms with van der Waals surface area (Å²) < 4.78 is 0. The van der Waals surface area contributed by atoms with E-state index >= 15 is 0 Å². The number of halogens is 1. The Bertz CT molecular complexity index is 1320. The summed E-state index contributed by atoms with van der Waals surface area (Å²) in [5.41, 5.74) is 5.49. The van der Waals surface area contributed by atoms with E-state index in [1.807, 2.05) is 66.7 Å². The summed E-state index contributed by atoms with van der Waals surface area (Å²) in [6.45, 7) is 0.632. The predicted molar refractivity (Wildman–Crippen MR) is 137 cm³/mol. The average Bonchev–Trinajstić information content (AvgIpc) is 3.02. The maximum atomic E-state index is 13.7. The highest BCUT2D eigenvalue weighted by Gasteiger charge is 2.26. The SMILES string of the molecule is O=C(Cc1ccccc1Cl)Nc1ccc(C(=O)N2c3ccccc3CNc3ccccc32)cc1. The van der Waals surface area contributed by atoms with Gasteiger partial charge in [-0.3, -0.25) is 14.5 Å². The molecule has 168 valence electrons. The van der Waals surface area contributed by atoms with Crippen LogP contribution >= 0.6 is 11.6 Å². The zero-order chi connectivity index (χ0) is 23.5. The van der Waals surface area contributed by atoms with Crippen molar-refractivity contribution in [3.63, 3.8) is 0 Å². The van der Waals surface area contributed by atoms with Gasteiger partial charge in [-0.25, -0.2) is 0 Å². The number of carbonyl (C=O) groups is 2. The van der Waals surface area contributed by atoms with Gasteiger partial charge in [0.05, 0.1) is 23.5 Å². The number of rotatable bonds is 4. The molecule has 34 heavy (non-hydrogen) atoms. The van der Waals surface area contributed by atoms with Crippen molar-refractivity contribution in [3.8, 4) is 0 Å². The molecule has 2 N–H and O–H groups in total. The summed E-state index contributed by atoms with van der Waals surface area (Å²) in [7, 11) is 0. The van der Waals surface area contributed by atoms with Crippen LogP contribution in [-0.2, 0) is 17.8 Å². The largest absolute Gasteiger partial charge is 0.379 e. The van der Waals surface area contributed by atoms with Crippen LogP contribution in [0.1, 0.15) is 21.5 Å². The first-order valence-corrected chi connectivity index (χ1v) is 11.4. The van der Waals surface area contributed by atoms with Crippen LogP contribution in [0.4, 0.5) is 22.7 Å². The van der Waals surface area contributed by atoms with Gasteiger partial charge in [0.2, 0.25) is 5.91 Å². The Morgan fingerprint density at radius 2 is 1.50 bits per heavy atom. The molecule has 0 unspecified atom stereocenters. The second kappa shape index (κ2) is 9.41. The molecule has 0 fully saturated rings. The fourth-order valence-corrected chi connectivity index (χ4v) is 4.28. The maximum Gasteiger partial charge on any atom is 0.262 e. The highest BCUT2D eigenvalue weighted by Crippen LogP contribution is 2.38. The van der Waals surface area contributed by atoms with Crippen molar-refractivity contribution in [2.75, 3.05) is 15.5 Å². The van der Waals surface area contributed by atoms with Crippen molar-refractivity contribution in [3.05, 3.63) is 119 Å². The topological polar surface area (TPSA) is 61.4 Å². The Hall–Kier alpha value is -4.09. The minimum atomic E-state index is -0.173. The van der Waals surface area contributed by atoms with E-state index in [0.29, 0.717) is 22.8 Å². The minimum Gasteiger partial charge on any atom is -0.379 e. The van der Waals surface area contributed by atoms with E-state index in [-0.39, 0.29) is 18.2 Å². The van der Waals surface area contributed by atoms with Crippen LogP contribution in [0.25, 0.3) is 0 Å². The summed E-state index contributed by atoms with van der Waals surface area (Å²) in [5, 5.41) is 6.85. The first kappa shape index (κ1) is 21.7. The Morgan fingerprint density at radius 3 is 2.29 bits per heavy atom. The third-order valence-corrected chi connectivity index (χ3v) is 6.14. The molecule has 5 nitrogen and oxygen atoms in total. The molecule has 1 aliphatic heterocycles. The van der Waals surface area contributed by atoms with Gasteiger partial charge in [-0.05, 0) is 59.7 Å². The summed E-state index contributed by atoms with van der Waals surface area (Å²) >= 11 is 6.16. The van der Waals surface area contributed by atoms with Crippen molar-refractivity contribution in [2.45, 2.75) is 13.0 Å². The number of anilines is 4. The zero-order valence-corrected chi connectivity index (χ0v) is 19.0. The van der Waals surface area contributed by atoms with E-state index in [1.165, 1.54) is 0 Å². The van der Waals surface area contributed by atoms with Crippen LogP contribution in [0.5, 0.6) is 0 Å². The molecule has 0 aromatic heterocycles. The fourth-order valence-electron chi connectivity index (χ4n) is 4.08. The number of hydrogen-bond acceptors (Lipinski definition) is 3. The lowest BCUT2D eigenvalue weighted by Crippen LogP contribution is -2.26. The lowest BCUT2D eigenvalue weighted by Gasteiger charge is -2.24. The molecule has 1 heterocycles. The minimum absolute atomic E-state index is 0.141. The highest BCUT2D eigenvalue weighted by atomic mass is 35.5. The van der Waals surface area contributed by atoms with Gasteiger partial charge in [-0.1, -0.05) is 60.1 Å². The van der Waals surface area contributed by atoms with Crippen molar-refractivity contribution >= 4 is 46.2 Å². The molecule has 0 radical (unpaired) electrons. The lowest BCUT2D eigenvalue weighted by molar-refractivity contribution is -0.115. The molecule has 0 saturated carbocycles. The fraction of sp³-hybridized carbons (Fsp3) is 0.0714. The first-order valence-electron chi connectivity index (χ1n) is 11.0. The van der Waals surface area contributed by atoms with Crippen molar-refractivity contribution in [1.29, 1.82) is 0 Å². The van der Waals surface area contributed by atoms with Gasteiger partial charge in [0.25, 0.3) is 5.91 Å². The Morgan fingerprint density at radius 1 is 0.824 bits per heavy atom. The molecule has 1 aliphatic rings. The summed E-state index contributed by atoms with van der Waals surface area (Å²) in [4.78, 5) is 27.9. The van der Waals surface area contributed by atoms with Gasteiger partial charge in [-0.2, -0.15) is 0 Å². The van der Waals surface area contributed by atoms with Gasteiger partial charge in [0, 0.05) is 22.8 Å². The quantitative estimate of drug-likeness (QED) is 0.364. The summed E-state index contributed by atoms with van der Waals surface area (Å²) in [6.07, 6.45) is 0.175. The Kier molecular flexibility index (Phi) is 6.02. The third kappa shape index (κ3) is 4.38.